The van der Waals surface area contributed by atoms with E-state index in [2.05, 4.69) is 20.8 Å². The fourth-order valence-electron chi connectivity index (χ4n) is 10.2. The van der Waals surface area contributed by atoms with Crippen LogP contribution in [0.3, 0.4) is 0 Å². The molecule has 0 aromatic rings. The molecule has 0 atom stereocenters. The van der Waals surface area contributed by atoms with Gasteiger partial charge in [0.1, 0.15) is 0 Å². The largest absolute Gasteiger partial charge is 0.466 e. The quantitative estimate of drug-likeness (QED) is 0.0345. The van der Waals surface area contributed by atoms with E-state index in [4.69, 9.17) is 13.8 Å². The monoisotopic (exact) mass is 1040 g/mol. The molecular weight excluding hydrogens is 908 g/mol. The van der Waals surface area contributed by atoms with E-state index in [0.29, 0.717) is 13.0 Å². The smallest absolute Gasteiger partial charge is 0.305 e. The molecule has 0 saturated carbocycles. The maximum absolute atomic E-state index is 12.1. The first-order chi connectivity index (χ1) is 35.2. The Kier molecular flexibility index (Phi) is 66.4. The van der Waals surface area contributed by atoms with Crippen LogP contribution in [0.5, 0.6) is 0 Å². The van der Waals surface area contributed by atoms with Crippen LogP contribution in [0.4, 0.5) is 0 Å². The minimum Gasteiger partial charge on any atom is -0.466 e. The Labute approximate surface area is 453 Å². The Hall–Kier alpha value is 0.170. The molecule has 71 heavy (non-hydrogen) atoms. The SMILES string of the molecule is CCCCCCCCCCCCCCCCOC(=O)CCCCCCCCCCCCCCCCSP(OCCCCCCCCCCCCCCCC)OCCCCCCCCCCCCCCCC. The van der Waals surface area contributed by atoms with Crippen LogP contribution in [-0.2, 0) is 18.6 Å². The van der Waals surface area contributed by atoms with Gasteiger partial charge in [0.2, 0.25) is 7.58 Å². The first-order valence-corrected chi connectivity index (χ1v) is 35.9. The van der Waals surface area contributed by atoms with Crippen LogP contribution < -0.4 is 0 Å². The van der Waals surface area contributed by atoms with Crippen LogP contribution in [0.15, 0.2) is 0 Å². The molecule has 0 aromatic heterocycles. The van der Waals surface area contributed by atoms with Crippen LogP contribution in [0.25, 0.3) is 0 Å². The fraction of sp³-hybridized carbons (Fsp3) is 0.985. The minimum atomic E-state index is -0.799. The van der Waals surface area contributed by atoms with Gasteiger partial charge in [-0.2, -0.15) is 0 Å². The molecule has 0 unspecified atom stereocenters. The Balaban J connectivity index is 3.83. The molecule has 0 radical (unpaired) electrons. The van der Waals surface area contributed by atoms with Gasteiger partial charge >= 0.3 is 5.97 Å². The lowest BCUT2D eigenvalue weighted by Crippen LogP contribution is -2.05. The van der Waals surface area contributed by atoms with E-state index in [0.717, 1.165) is 26.1 Å². The van der Waals surface area contributed by atoms with Gasteiger partial charge in [0, 0.05) is 12.2 Å². The summed E-state index contributed by atoms with van der Waals surface area (Å²) in [6, 6.07) is 0. The van der Waals surface area contributed by atoms with Gasteiger partial charge in [0.05, 0.1) is 19.8 Å². The van der Waals surface area contributed by atoms with Gasteiger partial charge in [0.25, 0.3) is 0 Å². The van der Waals surface area contributed by atoms with Crippen LogP contribution in [0.2, 0.25) is 0 Å². The minimum absolute atomic E-state index is 0.0266. The van der Waals surface area contributed by atoms with Gasteiger partial charge in [-0.15, -0.1) is 0 Å². The van der Waals surface area contributed by atoms with Gasteiger partial charge in [-0.05, 0) is 32.1 Å². The summed E-state index contributed by atoms with van der Waals surface area (Å²) in [4.78, 5) is 12.1. The highest BCUT2D eigenvalue weighted by Crippen LogP contribution is 2.52. The van der Waals surface area contributed by atoms with E-state index in [1.807, 2.05) is 11.4 Å². The average Bonchev–Trinajstić information content (AvgIpc) is 3.38. The van der Waals surface area contributed by atoms with Crippen molar-refractivity contribution in [1.82, 2.24) is 0 Å². The molecule has 0 saturated heterocycles. The zero-order valence-corrected chi connectivity index (χ0v) is 50.8. The summed E-state index contributed by atoms with van der Waals surface area (Å²) >= 11 is 1.99. The molecule has 0 spiro atoms. The Bertz CT molecular complexity index is 918. The number of rotatable bonds is 65. The average molecular weight is 1040 g/mol. The second kappa shape index (κ2) is 66.3. The van der Waals surface area contributed by atoms with Crippen molar-refractivity contribution < 1.29 is 18.6 Å². The molecule has 0 heterocycles. The van der Waals surface area contributed by atoms with Crippen molar-refractivity contribution in [1.29, 1.82) is 0 Å². The number of esters is 1. The normalized spacial score (nSPS) is 11.7. The molecule has 0 N–H and O–H groups in total. The van der Waals surface area contributed by atoms with Gasteiger partial charge in [-0.25, -0.2) is 0 Å². The summed E-state index contributed by atoms with van der Waals surface area (Å²) in [6.07, 6.45) is 77.4. The number of hydrogen-bond donors (Lipinski definition) is 0. The second-order valence-corrected chi connectivity index (χ2v) is 25.7. The molecule has 0 fully saturated rings. The zero-order valence-electron chi connectivity index (χ0n) is 49.1. The van der Waals surface area contributed by atoms with Crippen molar-refractivity contribution >= 4 is 24.9 Å². The van der Waals surface area contributed by atoms with Crippen molar-refractivity contribution in [3.8, 4) is 0 Å². The molecule has 426 valence electrons. The van der Waals surface area contributed by atoms with E-state index < -0.39 is 7.58 Å². The number of carbonyl (C=O) groups is 1. The summed E-state index contributed by atoms with van der Waals surface area (Å²) in [5.41, 5.74) is 0. The molecule has 0 aromatic carbocycles. The van der Waals surface area contributed by atoms with E-state index in [9.17, 15) is 4.79 Å². The molecular formula is C65H131O4PS. The summed E-state index contributed by atoms with van der Waals surface area (Å²) < 4.78 is 18.4. The summed E-state index contributed by atoms with van der Waals surface area (Å²) in [6.45, 7) is 9.30. The maximum Gasteiger partial charge on any atom is 0.305 e. The lowest BCUT2D eigenvalue weighted by atomic mass is 10.0. The van der Waals surface area contributed by atoms with Crippen LogP contribution >= 0.6 is 19.0 Å². The fourth-order valence-corrected chi connectivity index (χ4v) is 13.2. The maximum atomic E-state index is 12.1. The van der Waals surface area contributed by atoms with E-state index in [1.165, 1.54) is 352 Å². The standard InChI is InChI=1S/C65H131O4PS/c1-4-7-10-13-16-19-22-25-31-36-41-46-51-56-61-67-65(66)60-55-50-45-40-35-30-28-29-34-39-44-49-54-59-64-71-70(68-62-57-52-47-42-37-32-26-23-20-17-14-11-8-5-2)69-63-58-53-48-43-38-33-27-24-21-18-15-12-9-6-3/h4-64H2,1-3H3. The van der Waals surface area contributed by atoms with Crippen molar-refractivity contribution in [2.75, 3.05) is 25.6 Å². The molecule has 0 rings (SSSR count). The van der Waals surface area contributed by atoms with Crippen LogP contribution in [0, 0.1) is 0 Å². The van der Waals surface area contributed by atoms with Gasteiger partial charge in [-0.1, -0.05) is 360 Å². The Morgan fingerprint density at radius 3 is 0.746 bits per heavy atom. The third kappa shape index (κ3) is 64.4. The molecule has 0 aliphatic carbocycles. The van der Waals surface area contributed by atoms with E-state index in [1.54, 1.807) is 0 Å². The Morgan fingerprint density at radius 1 is 0.268 bits per heavy atom. The highest BCUT2D eigenvalue weighted by atomic mass is 32.7. The first kappa shape index (κ1) is 71.2. The number of ether oxygens (including phenoxy) is 1. The van der Waals surface area contributed by atoms with Crippen molar-refractivity contribution in [2.45, 2.75) is 387 Å². The van der Waals surface area contributed by atoms with Crippen molar-refractivity contribution in [3.05, 3.63) is 0 Å². The molecule has 6 heteroatoms. The van der Waals surface area contributed by atoms with Gasteiger partial charge in [-0.3, -0.25) is 4.79 Å². The molecule has 0 amide bonds. The van der Waals surface area contributed by atoms with Crippen LogP contribution in [-0.4, -0.2) is 31.5 Å². The predicted molar refractivity (Wildman–Crippen MR) is 322 cm³/mol. The molecule has 0 aliphatic heterocycles. The van der Waals surface area contributed by atoms with E-state index in [-0.39, 0.29) is 5.97 Å². The van der Waals surface area contributed by atoms with Gasteiger partial charge < -0.3 is 13.8 Å². The third-order valence-corrected chi connectivity index (χ3v) is 18.4. The first-order valence-electron chi connectivity index (χ1n) is 33.1. The highest BCUT2D eigenvalue weighted by molar-refractivity contribution is 8.52. The van der Waals surface area contributed by atoms with Crippen molar-refractivity contribution in [3.63, 3.8) is 0 Å². The summed E-state index contributed by atoms with van der Waals surface area (Å²) in [5.74, 6) is 1.21. The number of hydrogen-bond acceptors (Lipinski definition) is 5. The van der Waals surface area contributed by atoms with Crippen molar-refractivity contribution in [2.24, 2.45) is 0 Å². The Morgan fingerprint density at radius 2 is 0.479 bits per heavy atom. The van der Waals surface area contributed by atoms with E-state index >= 15 is 0 Å². The highest BCUT2D eigenvalue weighted by Gasteiger charge is 2.12. The third-order valence-electron chi connectivity index (χ3n) is 15.1. The zero-order chi connectivity index (χ0) is 51.1. The summed E-state index contributed by atoms with van der Waals surface area (Å²) in [7, 11) is -0.799. The van der Waals surface area contributed by atoms with Gasteiger partial charge in [0.15, 0.2) is 0 Å². The topological polar surface area (TPSA) is 44.8 Å². The predicted octanol–water partition coefficient (Wildman–Crippen LogP) is 24.8. The summed E-state index contributed by atoms with van der Waals surface area (Å²) in [5, 5.41) is 0. The molecule has 4 nitrogen and oxygen atoms in total. The second-order valence-electron chi connectivity index (χ2n) is 22.4. The molecule has 0 aliphatic rings. The lowest BCUT2D eigenvalue weighted by Gasteiger charge is -2.17. The van der Waals surface area contributed by atoms with Crippen LogP contribution in [0.1, 0.15) is 387 Å². The molecule has 0 bridgehead atoms. The lowest BCUT2D eigenvalue weighted by molar-refractivity contribution is -0.143. The number of carbonyl (C=O) groups excluding carboxylic acids is 1. The number of unbranched alkanes of at least 4 members (excludes halogenated alkanes) is 52.